The molecule has 0 aromatic carbocycles. The van der Waals surface area contributed by atoms with Crippen LogP contribution < -0.4 is 38.9 Å². The minimum Gasteiger partial charge on any atom is -0.480 e. The van der Waals surface area contributed by atoms with Gasteiger partial charge in [-0.1, -0.05) is 0 Å². The number of carboxylic acids is 1. The predicted molar refractivity (Wildman–Crippen MR) is 110 cm³/mol. The van der Waals surface area contributed by atoms with Crippen molar-refractivity contribution in [1.29, 1.82) is 0 Å². The van der Waals surface area contributed by atoms with Crippen LogP contribution in [0, 0.1) is 0 Å². The van der Waals surface area contributed by atoms with Crippen LogP contribution in [0.5, 0.6) is 0 Å². The molecule has 0 saturated heterocycles. The molecule has 0 saturated carbocycles. The van der Waals surface area contributed by atoms with Crippen LogP contribution in [0.4, 0.5) is 0 Å². The number of carboxylic acid groups (broad SMARTS) is 1. The molecule has 12 N–H and O–H groups in total. The lowest BCUT2D eigenvalue weighted by Gasteiger charge is -2.23. The lowest BCUT2D eigenvalue weighted by Crippen LogP contribution is -2.57. The number of amides is 4. The molecule has 3 atom stereocenters. The highest BCUT2D eigenvalue weighted by Gasteiger charge is 2.29. The Morgan fingerprint density at radius 2 is 1.50 bits per heavy atom. The van der Waals surface area contributed by atoms with Crippen molar-refractivity contribution in [3.8, 4) is 0 Å². The van der Waals surface area contributed by atoms with Gasteiger partial charge in [0.15, 0.2) is 5.96 Å². The molecule has 0 fully saturated rings. The van der Waals surface area contributed by atoms with Crippen molar-refractivity contribution in [2.45, 2.75) is 37.4 Å². The third kappa shape index (κ3) is 11.1. The molecule has 0 radical (unpaired) electrons. The van der Waals surface area contributed by atoms with Gasteiger partial charge in [0.25, 0.3) is 0 Å². The summed E-state index contributed by atoms with van der Waals surface area (Å²) in [6.45, 7) is -0.260. The zero-order valence-electron chi connectivity index (χ0n) is 16.2. The van der Waals surface area contributed by atoms with E-state index in [-0.39, 0.29) is 31.1 Å². The number of rotatable bonds is 14. The van der Waals surface area contributed by atoms with Crippen LogP contribution in [0.25, 0.3) is 0 Å². The molecule has 0 aromatic heterocycles. The van der Waals surface area contributed by atoms with E-state index in [0.717, 1.165) is 0 Å². The first-order valence-electron chi connectivity index (χ1n) is 8.79. The first-order chi connectivity index (χ1) is 14.0. The number of hydrogen-bond acceptors (Lipinski definition) is 8. The Morgan fingerprint density at radius 3 is 1.97 bits per heavy atom. The summed E-state index contributed by atoms with van der Waals surface area (Å²) < 4.78 is 0. The number of carbonyl (C=O) groups excluding carboxylic acids is 4. The molecule has 0 aliphatic carbocycles. The van der Waals surface area contributed by atoms with E-state index in [0.29, 0.717) is 0 Å². The Bertz CT molecular complexity index is 670. The number of aliphatic carboxylic acids is 1. The number of primary amides is 1. The van der Waals surface area contributed by atoms with E-state index >= 15 is 0 Å². The number of thiol groups is 1. The third-order valence-corrected chi connectivity index (χ3v) is 3.98. The molecule has 0 aromatic rings. The van der Waals surface area contributed by atoms with Crippen molar-refractivity contribution in [2.24, 2.45) is 27.9 Å². The molecule has 0 bridgehead atoms. The number of nitrogens with zero attached hydrogens (tertiary/aromatic N) is 1. The molecule has 3 unspecified atom stereocenters. The fourth-order valence-electron chi connectivity index (χ4n) is 2.16. The number of hydrogen-bond donors (Lipinski definition) is 9. The molecule has 15 heteroatoms. The molecule has 0 aliphatic heterocycles. The number of aliphatic imine (C=N–C) groups is 1. The second-order valence-corrected chi connectivity index (χ2v) is 6.45. The van der Waals surface area contributed by atoms with Crippen LogP contribution in [0.1, 0.15) is 19.3 Å². The molecular weight excluding hydrogens is 420 g/mol. The van der Waals surface area contributed by atoms with Gasteiger partial charge in [-0.3, -0.25) is 24.2 Å². The van der Waals surface area contributed by atoms with Crippen LogP contribution in [-0.4, -0.2) is 77.6 Å². The Hall–Kier alpha value is -3.07. The SMILES string of the molecule is NCC(=O)NC(CC(N)=O)C(=O)NC(CS)C(=O)NC(CCCN=C(N)N)C(=O)O. The third-order valence-electron chi connectivity index (χ3n) is 3.62. The highest BCUT2D eigenvalue weighted by Crippen LogP contribution is 2.01. The summed E-state index contributed by atoms with van der Waals surface area (Å²) in [5.41, 5.74) is 20.6. The van der Waals surface area contributed by atoms with Crippen LogP contribution in [0.2, 0.25) is 0 Å². The fourth-order valence-corrected chi connectivity index (χ4v) is 2.42. The van der Waals surface area contributed by atoms with Gasteiger partial charge in [0.2, 0.25) is 23.6 Å². The molecule has 4 amide bonds. The van der Waals surface area contributed by atoms with E-state index in [1.54, 1.807) is 0 Å². The molecule has 0 heterocycles. The predicted octanol–water partition coefficient (Wildman–Crippen LogP) is -4.66. The van der Waals surface area contributed by atoms with Crippen molar-refractivity contribution in [3.05, 3.63) is 0 Å². The molecule has 30 heavy (non-hydrogen) atoms. The molecular formula is C15H28N8O6S. The van der Waals surface area contributed by atoms with E-state index in [2.05, 4.69) is 33.6 Å². The monoisotopic (exact) mass is 448 g/mol. The highest BCUT2D eigenvalue weighted by molar-refractivity contribution is 7.80. The van der Waals surface area contributed by atoms with Gasteiger partial charge in [-0.25, -0.2) is 4.79 Å². The van der Waals surface area contributed by atoms with Gasteiger partial charge in [-0.2, -0.15) is 12.6 Å². The lowest BCUT2D eigenvalue weighted by atomic mass is 10.1. The maximum atomic E-state index is 12.4. The summed E-state index contributed by atoms with van der Waals surface area (Å²) >= 11 is 3.97. The summed E-state index contributed by atoms with van der Waals surface area (Å²) in [5, 5.41) is 16.0. The van der Waals surface area contributed by atoms with Crippen molar-refractivity contribution >= 4 is 48.2 Å². The van der Waals surface area contributed by atoms with E-state index in [1.165, 1.54) is 0 Å². The van der Waals surface area contributed by atoms with Crippen LogP contribution in [-0.2, 0) is 24.0 Å². The highest BCUT2D eigenvalue weighted by atomic mass is 32.1. The Morgan fingerprint density at radius 1 is 0.933 bits per heavy atom. The Balaban J connectivity index is 5.04. The number of nitrogens with one attached hydrogen (secondary N) is 3. The van der Waals surface area contributed by atoms with Gasteiger partial charge in [0, 0.05) is 12.3 Å². The summed E-state index contributed by atoms with van der Waals surface area (Å²) in [6.07, 6.45) is -0.220. The number of guanidine groups is 1. The van der Waals surface area contributed by atoms with Crippen LogP contribution in [0.3, 0.4) is 0 Å². The Kier molecular flexibility index (Phi) is 12.6. The molecule has 170 valence electrons. The van der Waals surface area contributed by atoms with Crippen molar-refractivity contribution in [1.82, 2.24) is 16.0 Å². The van der Waals surface area contributed by atoms with Crippen molar-refractivity contribution in [3.63, 3.8) is 0 Å². The maximum Gasteiger partial charge on any atom is 0.326 e. The van der Waals surface area contributed by atoms with Crippen molar-refractivity contribution in [2.75, 3.05) is 18.8 Å². The largest absolute Gasteiger partial charge is 0.480 e. The van der Waals surface area contributed by atoms with Crippen LogP contribution >= 0.6 is 12.6 Å². The Labute approximate surface area is 178 Å². The molecule has 0 rings (SSSR count). The standard InChI is InChI=1S/C15H28N8O6S/c16-5-11(25)21-8(4-10(17)24)12(26)23-9(6-30)13(27)22-7(14(28)29)2-1-3-20-15(18)19/h7-9,30H,1-6,16H2,(H2,17,24)(H,21,25)(H,22,27)(H,23,26)(H,28,29)(H4,18,19,20). The van der Waals surface area contributed by atoms with Gasteiger partial charge in [-0.15, -0.1) is 0 Å². The maximum absolute atomic E-state index is 12.4. The summed E-state index contributed by atoms with van der Waals surface area (Å²) in [5.74, 6) is -4.91. The number of nitrogens with two attached hydrogens (primary N) is 4. The first-order valence-corrected chi connectivity index (χ1v) is 9.42. The minimum absolute atomic E-state index is 0.0297. The molecule has 0 spiro atoms. The molecule has 14 nitrogen and oxygen atoms in total. The topological polar surface area (TPSA) is 258 Å². The smallest absolute Gasteiger partial charge is 0.326 e. The van der Waals surface area contributed by atoms with E-state index in [9.17, 15) is 29.1 Å². The summed E-state index contributed by atoms with van der Waals surface area (Å²) in [7, 11) is 0. The van der Waals surface area contributed by atoms with Gasteiger partial charge in [0.05, 0.1) is 13.0 Å². The van der Waals surface area contributed by atoms with Gasteiger partial charge >= 0.3 is 5.97 Å². The van der Waals surface area contributed by atoms with Gasteiger partial charge < -0.3 is 44.0 Å². The summed E-state index contributed by atoms with van der Waals surface area (Å²) in [6, 6.07) is -3.86. The zero-order valence-corrected chi connectivity index (χ0v) is 17.1. The van der Waals surface area contributed by atoms with Gasteiger partial charge in [0.1, 0.15) is 18.1 Å². The fraction of sp³-hybridized carbons (Fsp3) is 0.600. The zero-order chi connectivity index (χ0) is 23.3. The van der Waals surface area contributed by atoms with E-state index in [1.807, 2.05) is 0 Å². The number of carbonyl (C=O) groups is 5. The quantitative estimate of drug-likeness (QED) is 0.0534. The normalized spacial score (nSPS) is 13.3. The average Bonchev–Trinajstić information content (AvgIpc) is 2.66. The second-order valence-electron chi connectivity index (χ2n) is 6.09. The minimum atomic E-state index is -1.36. The average molecular weight is 449 g/mol. The second kappa shape index (κ2) is 14.0. The van der Waals surface area contributed by atoms with Gasteiger partial charge in [-0.05, 0) is 12.8 Å². The first kappa shape index (κ1) is 26.9. The molecule has 0 aliphatic rings. The summed E-state index contributed by atoms with van der Waals surface area (Å²) in [4.78, 5) is 62.4. The van der Waals surface area contributed by atoms with Crippen LogP contribution in [0.15, 0.2) is 4.99 Å². The van der Waals surface area contributed by atoms with Crippen molar-refractivity contribution < 1.29 is 29.1 Å². The van der Waals surface area contributed by atoms with E-state index < -0.39 is 60.7 Å². The lowest BCUT2D eigenvalue weighted by molar-refractivity contribution is -0.142. The van der Waals surface area contributed by atoms with E-state index in [4.69, 9.17) is 22.9 Å².